The Morgan fingerprint density at radius 3 is 1.93 bits per heavy atom. The third-order valence-corrected chi connectivity index (χ3v) is 3.60. The van der Waals surface area contributed by atoms with Gasteiger partial charge in [-0.3, -0.25) is 0 Å². The van der Waals surface area contributed by atoms with Crippen LogP contribution >= 0.6 is 23.2 Å². The van der Waals surface area contributed by atoms with Crippen molar-refractivity contribution in [2.75, 3.05) is 0 Å². The van der Waals surface area contributed by atoms with E-state index in [2.05, 4.69) is 20.8 Å². The molecular formula is C12H16Cl2. The predicted octanol–water partition coefficient (Wildman–Crippen LogP) is 4.91. The van der Waals surface area contributed by atoms with E-state index in [4.69, 9.17) is 23.2 Å². The van der Waals surface area contributed by atoms with Gasteiger partial charge in [0.05, 0.1) is 5.38 Å². The Kier molecular flexibility index (Phi) is 4.28. The number of benzene rings is 1. The van der Waals surface area contributed by atoms with E-state index in [0.29, 0.717) is 11.8 Å². The molecule has 2 atom stereocenters. The molecule has 0 saturated heterocycles. The largest absolute Gasteiger partial charge is 0.118 e. The summed E-state index contributed by atoms with van der Waals surface area (Å²) in [6, 6.07) is 7.77. The van der Waals surface area contributed by atoms with Gasteiger partial charge in [-0.2, -0.15) is 0 Å². The van der Waals surface area contributed by atoms with Gasteiger partial charge in [0, 0.05) is 5.02 Å². The highest BCUT2D eigenvalue weighted by Gasteiger charge is 2.19. The second kappa shape index (κ2) is 5.04. The zero-order valence-corrected chi connectivity index (χ0v) is 10.3. The monoisotopic (exact) mass is 230 g/mol. The van der Waals surface area contributed by atoms with Gasteiger partial charge in [0.25, 0.3) is 0 Å². The average molecular weight is 231 g/mol. The standard InChI is InChI=1S/C12H16Cl2/c1-8(2)9(3)12(14)10-4-6-11(13)7-5-10/h4-9,12H,1-3H3. The summed E-state index contributed by atoms with van der Waals surface area (Å²) >= 11 is 12.2. The molecule has 0 fully saturated rings. The quantitative estimate of drug-likeness (QED) is 0.648. The summed E-state index contributed by atoms with van der Waals surface area (Å²) in [4.78, 5) is 0. The Hall–Kier alpha value is -0.200. The zero-order chi connectivity index (χ0) is 10.7. The molecule has 1 aromatic rings. The van der Waals surface area contributed by atoms with Crippen molar-refractivity contribution >= 4 is 23.2 Å². The zero-order valence-electron chi connectivity index (χ0n) is 8.80. The van der Waals surface area contributed by atoms with E-state index in [-0.39, 0.29) is 5.38 Å². The smallest absolute Gasteiger partial charge is 0.0613 e. The molecule has 0 heterocycles. The molecule has 0 aliphatic heterocycles. The minimum atomic E-state index is 0.0762. The van der Waals surface area contributed by atoms with Crippen LogP contribution in [0.4, 0.5) is 0 Å². The molecule has 0 nitrogen and oxygen atoms in total. The maximum atomic E-state index is 6.36. The number of rotatable bonds is 3. The molecule has 78 valence electrons. The highest BCUT2D eigenvalue weighted by molar-refractivity contribution is 6.30. The molecule has 0 aromatic heterocycles. The first-order chi connectivity index (χ1) is 6.52. The number of halogens is 2. The third kappa shape index (κ3) is 2.90. The lowest BCUT2D eigenvalue weighted by Crippen LogP contribution is -2.10. The topological polar surface area (TPSA) is 0 Å². The fraction of sp³-hybridized carbons (Fsp3) is 0.500. The Morgan fingerprint density at radius 1 is 1.00 bits per heavy atom. The van der Waals surface area contributed by atoms with Gasteiger partial charge in [-0.25, -0.2) is 0 Å². The van der Waals surface area contributed by atoms with Gasteiger partial charge in [0.15, 0.2) is 0 Å². The first-order valence-electron chi connectivity index (χ1n) is 4.92. The lowest BCUT2D eigenvalue weighted by molar-refractivity contribution is 0.406. The van der Waals surface area contributed by atoms with Crippen LogP contribution in [0.25, 0.3) is 0 Å². The summed E-state index contributed by atoms with van der Waals surface area (Å²) < 4.78 is 0. The van der Waals surface area contributed by atoms with Crippen LogP contribution in [0.15, 0.2) is 24.3 Å². The van der Waals surface area contributed by atoms with Gasteiger partial charge in [-0.15, -0.1) is 11.6 Å². The highest BCUT2D eigenvalue weighted by Crippen LogP contribution is 2.33. The van der Waals surface area contributed by atoms with E-state index in [1.165, 1.54) is 0 Å². The fourth-order valence-corrected chi connectivity index (χ4v) is 1.85. The van der Waals surface area contributed by atoms with Crippen molar-refractivity contribution in [3.05, 3.63) is 34.9 Å². The van der Waals surface area contributed by atoms with Gasteiger partial charge in [-0.1, -0.05) is 44.5 Å². The Labute approximate surface area is 96.2 Å². The molecule has 0 radical (unpaired) electrons. The molecule has 0 bridgehead atoms. The van der Waals surface area contributed by atoms with Gasteiger partial charge in [0.2, 0.25) is 0 Å². The molecule has 0 amide bonds. The van der Waals surface area contributed by atoms with Crippen molar-refractivity contribution in [1.29, 1.82) is 0 Å². The lowest BCUT2D eigenvalue weighted by atomic mass is 9.90. The summed E-state index contributed by atoms with van der Waals surface area (Å²) in [5, 5.41) is 0.835. The minimum absolute atomic E-state index is 0.0762. The minimum Gasteiger partial charge on any atom is -0.118 e. The molecule has 14 heavy (non-hydrogen) atoms. The SMILES string of the molecule is CC(C)C(C)C(Cl)c1ccc(Cl)cc1. The molecule has 2 heteroatoms. The fourth-order valence-electron chi connectivity index (χ4n) is 1.29. The molecule has 1 aromatic carbocycles. The maximum Gasteiger partial charge on any atom is 0.0613 e. The predicted molar refractivity (Wildman–Crippen MR) is 64.0 cm³/mol. The number of alkyl halides is 1. The summed E-state index contributed by atoms with van der Waals surface area (Å²) in [7, 11) is 0. The van der Waals surface area contributed by atoms with Crippen molar-refractivity contribution < 1.29 is 0 Å². The number of hydrogen-bond donors (Lipinski definition) is 0. The number of hydrogen-bond acceptors (Lipinski definition) is 0. The highest BCUT2D eigenvalue weighted by atomic mass is 35.5. The summed E-state index contributed by atoms with van der Waals surface area (Å²) in [6.45, 7) is 6.56. The van der Waals surface area contributed by atoms with Crippen LogP contribution in [0.5, 0.6) is 0 Å². The maximum absolute atomic E-state index is 6.36. The van der Waals surface area contributed by atoms with Gasteiger partial charge in [0.1, 0.15) is 0 Å². The van der Waals surface area contributed by atoms with E-state index in [1.54, 1.807) is 0 Å². The van der Waals surface area contributed by atoms with Gasteiger partial charge >= 0.3 is 0 Å². The van der Waals surface area contributed by atoms with Crippen molar-refractivity contribution in [3.8, 4) is 0 Å². The third-order valence-electron chi connectivity index (χ3n) is 2.70. The second-order valence-electron chi connectivity index (χ2n) is 4.06. The van der Waals surface area contributed by atoms with Crippen LogP contribution in [-0.2, 0) is 0 Å². The molecule has 0 N–H and O–H groups in total. The Morgan fingerprint density at radius 2 is 1.50 bits per heavy atom. The molecular weight excluding hydrogens is 215 g/mol. The lowest BCUT2D eigenvalue weighted by Gasteiger charge is -2.21. The molecule has 2 unspecified atom stereocenters. The summed E-state index contributed by atoms with van der Waals surface area (Å²) in [5.41, 5.74) is 1.15. The van der Waals surface area contributed by atoms with Crippen molar-refractivity contribution in [2.45, 2.75) is 26.1 Å². The normalized spacial score (nSPS) is 15.6. The van der Waals surface area contributed by atoms with Crippen LogP contribution in [0.2, 0.25) is 5.02 Å². The van der Waals surface area contributed by atoms with Crippen LogP contribution in [0, 0.1) is 11.8 Å². The van der Waals surface area contributed by atoms with E-state index < -0.39 is 0 Å². The first-order valence-corrected chi connectivity index (χ1v) is 5.73. The van der Waals surface area contributed by atoms with Crippen LogP contribution in [0.3, 0.4) is 0 Å². The van der Waals surface area contributed by atoms with Gasteiger partial charge < -0.3 is 0 Å². The second-order valence-corrected chi connectivity index (χ2v) is 4.96. The van der Waals surface area contributed by atoms with Crippen molar-refractivity contribution in [3.63, 3.8) is 0 Å². The Balaban J connectivity index is 2.78. The van der Waals surface area contributed by atoms with Crippen molar-refractivity contribution in [1.82, 2.24) is 0 Å². The summed E-state index contributed by atoms with van der Waals surface area (Å²) in [5.74, 6) is 1.06. The van der Waals surface area contributed by atoms with E-state index in [1.807, 2.05) is 24.3 Å². The summed E-state index contributed by atoms with van der Waals surface area (Å²) in [6.07, 6.45) is 0. The molecule has 0 saturated carbocycles. The van der Waals surface area contributed by atoms with Crippen molar-refractivity contribution in [2.24, 2.45) is 11.8 Å². The molecule has 0 aliphatic rings. The average Bonchev–Trinajstić information content (AvgIpc) is 2.16. The van der Waals surface area contributed by atoms with E-state index in [9.17, 15) is 0 Å². The van der Waals surface area contributed by atoms with E-state index >= 15 is 0 Å². The molecule has 1 rings (SSSR count). The Bertz CT molecular complexity index is 277. The van der Waals surface area contributed by atoms with Crippen LogP contribution < -0.4 is 0 Å². The van der Waals surface area contributed by atoms with Gasteiger partial charge in [-0.05, 0) is 29.5 Å². The first kappa shape index (κ1) is 11.9. The molecule has 0 aliphatic carbocycles. The van der Waals surface area contributed by atoms with E-state index in [0.717, 1.165) is 10.6 Å². The molecule has 0 spiro atoms. The van der Waals surface area contributed by atoms with Crippen LogP contribution in [-0.4, -0.2) is 0 Å². The van der Waals surface area contributed by atoms with Crippen LogP contribution in [0.1, 0.15) is 31.7 Å².